The van der Waals surface area contributed by atoms with Crippen LogP contribution in [0.5, 0.6) is 0 Å². The Kier molecular flexibility index (Phi) is 5.95. The van der Waals surface area contributed by atoms with E-state index in [1.54, 1.807) is 0 Å². The summed E-state index contributed by atoms with van der Waals surface area (Å²) in [4.78, 5) is 36.9. The van der Waals surface area contributed by atoms with Crippen LogP contribution in [-0.2, 0) is 20.8 Å². The van der Waals surface area contributed by atoms with Crippen LogP contribution in [-0.4, -0.2) is 40.4 Å². The number of hydrogen-bond acceptors (Lipinski definition) is 3. The zero-order valence-corrected chi connectivity index (χ0v) is 14.1. The highest BCUT2D eigenvalue weighted by molar-refractivity contribution is 5.96. The molecule has 1 aromatic rings. The number of carbonyl (C=O) groups is 3. The lowest BCUT2D eigenvalue weighted by Crippen LogP contribution is -2.42. The summed E-state index contributed by atoms with van der Waals surface area (Å²) in [6.45, 7) is 3.45. The number of anilines is 1. The Labute approximate surface area is 141 Å². The number of benzene rings is 1. The number of nitrogens with zero attached hydrogens (tertiary/aromatic N) is 1. The Morgan fingerprint density at radius 3 is 2.75 bits per heavy atom. The van der Waals surface area contributed by atoms with Crippen LogP contribution in [0.2, 0.25) is 0 Å². The standard InChI is InChI=1S/C18H24N2O4/c1-3-12(2)20(11-17(22)23)16(21)9-8-14-10-13-6-4-5-7-15(13)19-18(14)24/h4-7,12,14H,3,8-11H2,1-2H3,(H,19,24)(H,22,23). The maximum Gasteiger partial charge on any atom is 0.323 e. The van der Waals surface area contributed by atoms with Crippen molar-refractivity contribution in [2.24, 2.45) is 5.92 Å². The fourth-order valence-corrected chi connectivity index (χ4v) is 2.94. The monoisotopic (exact) mass is 332 g/mol. The maximum absolute atomic E-state index is 12.4. The van der Waals surface area contributed by atoms with Gasteiger partial charge in [-0.15, -0.1) is 0 Å². The number of hydrogen-bond donors (Lipinski definition) is 2. The van der Waals surface area contributed by atoms with Gasteiger partial charge in [-0.05, 0) is 37.8 Å². The number of carbonyl (C=O) groups excluding carboxylic acids is 2. The molecule has 1 aliphatic rings. The molecule has 0 aromatic heterocycles. The van der Waals surface area contributed by atoms with Gasteiger partial charge in [-0.2, -0.15) is 0 Å². The van der Waals surface area contributed by atoms with Gasteiger partial charge in [-0.25, -0.2) is 0 Å². The van der Waals surface area contributed by atoms with E-state index >= 15 is 0 Å². The number of para-hydroxylation sites is 1. The second-order valence-electron chi connectivity index (χ2n) is 6.26. The van der Waals surface area contributed by atoms with Crippen LogP contribution in [0, 0.1) is 5.92 Å². The van der Waals surface area contributed by atoms with Gasteiger partial charge in [-0.1, -0.05) is 25.1 Å². The molecular weight excluding hydrogens is 308 g/mol. The summed E-state index contributed by atoms with van der Waals surface area (Å²) >= 11 is 0. The molecular formula is C18H24N2O4. The van der Waals surface area contributed by atoms with Gasteiger partial charge in [0.15, 0.2) is 0 Å². The molecule has 0 saturated heterocycles. The van der Waals surface area contributed by atoms with Gasteiger partial charge in [0.1, 0.15) is 6.54 Å². The van der Waals surface area contributed by atoms with Crippen molar-refractivity contribution in [3.63, 3.8) is 0 Å². The molecule has 1 heterocycles. The van der Waals surface area contributed by atoms with Gasteiger partial charge in [0.05, 0.1) is 0 Å². The summed E-state index contributed by atoms with van der Waals surface area (Å²) < 4.78 is 0. The van der Waals surface area contributed by atoms with Crippen molar-refractivity contribution in [3.8, 4) is 0 Å². The smallest absolute Gasteiger partial charge is 0.323 e. The Bertz CT molecular complexity index is 629. The van der Waals surface area contributed by atoms with E-state index in [-0.39, 0.29) is 36.7 Å². The molecule has 0 spiro atoms. The molecule has 2 unspecified atom stereocenters. The molecule has 2 N–H and O–H groups in total. The third-order valence-corrected chi connectivity index (χ3v) is 4.57. The third kappa shape index (κ3) is 4.34. The summed E-state index contributed by atoms with van der Waals surface area (Å²) in [6, 6.07) is 7.51. The van der Waals surface area contributed by atoms with Gasteiger partial charge >= 0.3 is 5.97 Å². The Morgan fingerprint density at radius 1 is 1.38 bits per heavy atom. The molecule has 2 amide bonds. The summed E-state index contributed by atoms with van der Waals surface area (Å²) in [5.74, 6) is -1.56. The van der Waals surface area contributed by atoms with E-state index in [0.717, 1.165) is 11.3 Å². The minimum atomic E-state index is -1.02. The second kappa shape index (κ2) is 7.95. The lowest BCUT2D eigenvalue weighted by Gasteiger charge is -2.28. The van der Waals surface area contributed by atoms with Crippen LogP contribution in [0.1, 0.15) is 38.7 Å². The number of fused-ring (bicyclic) bond motifs is 1. The summed E-state index contributed by atoms with van der Waals surface area (Å²) in [5.41, 5.74) is 1.90. The van der Waals surface area contributed by atoms with E-state index in [0.29, 0.717) is 19.3 Å². The molecule has 130 valence electrons. The molecule has 0 aliphatic carbocycles. The molecule has 6 nitrogen and oxygen atoms in total. The SMILES string of the molecule is CCC(C)N(CC(=O)O)C(=O)CCC1Cc2ccccc2NC1=O. The number of carboxylic acid groups (broad SMARTS) is 1. The molecule has 0 saturated carbocycles. The summed E-state index contributed by atoms with van der Waals surface area (Å²) in [6.07, 6.45) is 1.90. The quantitative estimate of drug-likeness (QED) is 0.802. The van der Waals surface area contributed by atoms with Crippen LogP contribution < -0.4 is 5.32 Å². The minimum absolute atomic E-state index is 0.0742. The molecule has 2 rings (SSSR count). The number of aliphatic carboxylic acids is 1. The van der Waals surface area contributed by atoms with Crippen molar-refractivity contribution in [1.82, 2.24) is 4.90 Å². The molecule has 0 radical (unpaired) electrons. The van der Waals surface area contributed by atoms with Gasteiger partial charge in [0, 0.05) is 24.1 Å². The van der Waals surface area contributed by atoms with Crippen molar-refractivity contribution in [1.29, 1.82) is 0 Å². The Morgan fingerprint density at radius 2 is 2.08 bits per heavy atom. The predicted octanol–water partition coefficient (Wildman–Crippen LogP) is 2.29. The van der Waals surface area contributed by atoms with Gasteiger partial charge < -0.3 is 15.3 Å². The van der Waals surface area contributed by atoms with E-state index in [4.69, 9.17) is 5.11 Å². The molecule has 1 aliphatic heterocycles. The van der Waals surface area contributed by atoms with E-state index < -0.39 is 5.97 Å². The van der Waals surface area contributed by atoms with Crippen molar-refractivity contribution >= 4 is 23.5 Å². The van der Waals surface area contributed by atoms with E-state index in [2.05, 4.69) is 5.32 Å². The number of carboxylic acids is 1. The van der Waals surface area contributed by atoms with Crippen LogP contribution in [0.4, 0.5) is 5.69 Å². The maximum atomic E-state index is 12.4. The zero-order chi connectivity index (χ0) is 17.7. The van der Waals surface area contributed by atoms with Gasteiger partial charge in [0.25, 0.3) is 0 Å². The van der Waals surface area contributed by atoms with Crippen LogP contribution in [0.25, 0.3) is 0 Å². The average molecular weight is 332 g/mol. The molecule has 1 aromatic carbocycles. The van der Waals surface area contributed by atoms with E-state index in [1.807, 2.05) is 38.1 Å². The van der Waals surface area contributed by atoms with E-state index in [1.165, 1.54) is 4.90 Å². The largest absolute Gasteiger partial charge is 0.480 e. The lowest BCUT2D eigenvalue weighted by molar-refractivity contribution is -0.146. The predicted molar refractivity (Wildman–Crippen MR) is 90.6 cm³/mol. The fourth-order valence-electron chi connectivity index (χ4n) is 2.94. The molecule has 0 fully saturated rings. The highest BCUT2D eigenvalue weighted by Crippen LogP contribution is 2.27. The first kappa shape index (κ1) is 18.0. The van der Waals surface area contributed by atoms with Crippen LogP contribution >= 0.6 is 0 Å². The summed E-state index contributed by atoms with van der Waals surface area (Å²) in [7, 11) is 0. The Hall–Kier alpha value is -2.37. The van der Waals surface area contributed by atoms with Gasteiger partial charge in [-0.3, -0.25) is 14.4 Å². The normalized spacial score (nSPS) is 17.6. The first-order valence-electron chi connectivity index (χ1n) is 8.32. The first-order valence-corrected chi connectivity index (χ1v) is 8.32. The average Bonchev–Trinajstić information content (AvgIpc) is 2.56. The number of rotatable bonds is 7. The fraction of sp³-hybridized carbons (Fsp3) is 0.500. The lowest BCUT2D eigenvalue weighted by atomic mass is 9.89. The van der Waals surface area contributed by atoms with Crippen LogP contribution in [0.15, 0.2) is 24.3 Å². The molecule has 0 bridgehead atoms. The van der Waals surface area contributed by atoms with Crippen molar-refractivity contribution in [2.45, 2.75) is 45.6 Å². The van der Waals surface area contributed by atoms with E-state index in [9.17, 15) is 14.4 Å². The highest BCUT2D eigenvalue weighted by atomic mass is 16.4. The molecule has 2 atom stereocenters. The Balaban J connectivity index is 1.97. The number of nitrogens with one attached hydrogen (secondary N) is 1. The van der Waals surface area contributed by atoms with Gasteiger partial charge in [0.2, 0.25) is 11.8 Å². The van der Waals surface area contributed by atoms with Crippen molar-refractivity contribution in [2.75, 3.05) is 11.9 Å². The van der Waals surface area contributed by atoms with Crippen LogP contribution in [0.3, 0.4) is 0 Å². The highest BCUT2D eigenvalue weighted by Gasteiger charge is 2.28. The molecule has 24 heavy (non-hydrogen) atoms. The topological polar surface area (TPSA) is 86.7 Å². The molecule has 6 heteroatoms. The zero-order valence-electron chi connectivity index (χ0n) is 14.1. The minimum Gasteiger partial charge on any atom is -0.480 e. The summed E-state index contributed by atoms with van der Waals surface area (Å²) in [5, 5.41) is 11.9. The number of amides is 2. The van der Waals surface area contributed by atoms with Crippen molar-refractivity contribution < 1.29 is 19.5 Å². The third-order valence-electron chi connectivity index (χ3n) is 4.57. The second-order valence-corrected chi connectivity index (χ2v) is 6.26. The first-order chi connectivity index (χ1) is 11.4. The van der Waals surface area contributed by atoms with Crippen molar-refractivity contribution in [3.05, 3.63) is 29.8 Å².